The Morgan fingerprint density at radius 2 is 1.83 bits per heavy atom. The number of carbonyl (C=O) groups excluding carboxylic acids is 1. The SMILES string of the molecule is O=Cc1cc(OCc2ccccc2)cc(F)c1F. The molecule has 0 radical (unpaired) electrons. The number of halogens is 2. The summed E-state index contributed by atoms with van der Waals surface area (Å²) in [7, 11) is 0. The number of benzene rings is 2. The van der Waals surface area contributed by atoms with Crippen molar-refractivity contribution in [1.29, 1.82) is 0 Å². The van der Waals surface area contributed by atoms with Crippen LogP contribution in [0.4, 0.5) is 8.78 Å². The predicted octanol–water partition coefficient (Wildman–Crippen LogP) is 3.36. The van der Waals surface area contributed by atoms with Crippen LogP contribution in [0.25, 0.3) is 0 Å². The number of hydrogen-bond donors (Lipinski definition) is 0. The third kappa shape index (κ3) is 2.71. The van der Waals surface area contributed by atoms with Gasteiger partial charge < -0.3 is 4.74 Å². The van der Waals surface area contributed by atoms with Crippen LogP contribution >= 0.6 is 0 Å². The first-order chi connectivity index (χ1) is 8.70. The molecule has 0 amide bonds. The Hall–Kier alpha value is -2.23. The number of aldehydes is 1. The molecule has 4 heteroatoms. The average molecular weight is 248 g/mol. The lowest BCUT2D eigenvalue weighted by atomic mass is 10.2. The van der Waals surface area contributed by atoms with E-state index in [9.17, 15) is 13.6 Å². The van der Waals surface area contributed by atoms with Gasteiger partial charge in [0.05, 0.1) is 5.56 Å². The lowest BCUT2D eigenvalue weighted by Gasteiger charge is -2.07. The molecule has 0 aliphatic rings. The van der Waals surface area contributed by atoms with Crippen molar-refractivity contribution in [1.82, 2.24) is 0 Å². The van der Waals surface area contributed by atoms with Crippen LogP contribution in [-0.4, -0.2) is 6.29 Å². The Kier molecular flexibility index (Phi) is 3.67. The zero-order chi connectivity index (χ0) is 13.0. The van der Waals surface area contributed by atoms with Crippen molar-refractivity contribution < 1.29 is 18.3 Å². The summed E-state index contributed by atoms with van der Waals surface area (Å²) in [5.41, 5.74) is 0.549. The van der Waals surface area contributed by atoms with Crippen molar-refractivity contribution in [2.45, 2.75) is 6.61 Å². The Labute approximate surface area is 103 Å². The van der Waals surface area contributed by atoms with Crippen LogP contribution in [0, 0.1) is 11.6 Å². The van der Waals surface area contributed by atoms with E-state index in [1.165, 1.54) is 6.07 Å². The van der Waals surface area contributed by atoms with Gasteiger partial charge in [-0.2, -0.15) is 0 Å². The zero-order valence-corrected chi connectivity index (χ0v) is 9.40. The van der Waals surface area contributed by atoms with Crippen LogP contribution in [0.15, 0.2) is 42.5 Å². The van der Waals surface area contributed by atoms with Gasteiger partial charge in [0.15, 0.2) is 17.9 Å². The minimum atomic E-state index is -1.16. The highest BCUT2D eigenvalue weighted by Crippen LogP contribution is 2.20. The van der Waals surface area contributed by atoms with Gasteiger partial charge in [0.25, 0.3) is 0 Å². The number of hydrogen-bond acceptors (Lipinski definition) is 2. The summed E-state index contributed by atoms with van der Waals surface area (Å²) < 4.78 is 31.5. The molecule has 2 aromatic carbocycles. The Balaban J connectivity index is 2.15. The first kappa shape index (κ1) is 12.2. The van der Waals surface area contributed by atoms with Crippen molar-refractivity contribution in [2.75, 3.05) is 0 Å². The maximum atomic E-state index is 13.1. The molecule has 0 heterocycles. The molecule has 0 aromatic heterocycles. The van der Waals surface area contributed by atoms with Gasteiger partial charge in [-0.05, 0) is 11.6 Å². The Bertz CT molecular complexity index is 553. The molecule has 0 atom stereocenters. The lowest BCUT2D eigenvalue weighted by Crippen LogP contribution is -1.99. The van der Waals surface area contributed by atoms with Gasteiger partial charge in [-0.15, -0.1) is 0 Å². The third-order valence-corrected chi connectivity index (χ3v) is 2.41. The Morgan fingerprint density at radius 1 is 1.11 bits per heavy atom. The molecule has 2 rings (SSSR count). The number of ether oxygens (including phenoxy) is 1. The quantitative estimate of drug-likeness (QED) is 0.775. The van der Waals surface area contributed by atoms with Crippen LogP contribution in [0.1, 0.15) is 15.9 Å². The molecule has 0 bridgehead atoms. The average Bonchev–Trinajstić information content (AvgIpc) is 2.41. The lowest BCUT2D eigenvalue weighted by molar-refractivity contribution is 0.111. The molecule has 0 saturated carbocycles. The molecule has 0 aliphatic carbocycles. The fourth-order valence-corrected chi connectivity index (χ4v) is 1.49. The molecule has 0 saturated heterocycles. The normalized spacial score (nSPS) is 10.1. The predicted molar refractivity (Wildman–Crippen MR) is 62.5 cm³/mol. The molecule has 0 spiro atoms. The van der Waals surface area contributed by atoms with E-state index >= 15 is 0 Å². The van der Waals surface area contributed by atoms with Crippen molar-refractivity contribution in [2.24, 2.45) is 0 Å². The summed E-state index contributed by atoms with van der Waals surface area (Å²) in [5.74, 6) is -2.13. The Morgan fingerprint density at radius 3 is 2.50 bits per heavy atom. The minimum absolute atomic E-state index is 0.125. The van der Waals surface area contributed by atoms with Gasteiger partial charge in [0.2, 0.25) is 0 Å². The molecule has 2 nitrogen and oxygen atoms in total. The van der Waals surface area contributed by atoms with E-state index in [4.69, 9.17) is 4.74 Å². The van der Waals surface area contributed by atoms with Crippen LogP contribution in [-0.2, 0) is 6.61 Å². The summed E-state index contributed by atoms with van der Waals surface area (Å²) >= 11 is 0. The van der Waals surface area contributed by atoms with E-state index in [0.29, 0.717) is 0 Å². The molecular formula is C14H10F2O2. The van der Waals surface area contributed by atoms with Crippen LogP contribution in [0.3, 0.4) is 0 Å². The molecule has 2 aromatic rings. The summed E-state index contributed by atoms with van der Waals surface area (Å²) in [4.78, 5) is 10.5. The van der Waals surface area contributed by atoms with Gasteiger partial charge >= 0.3 is 0 Å². The standard InChI is InChI=1S/C14H10F2O2/c15-13-7-12(6-11(8-17)14(13)16)18-9-10-4-2-1-3-5-10/h1-8H,9H2. The van der Waals surface area contributed by atoms with Gasteiger partial charge in [0, 0.05) is 6.07 Å². The fraction of sp³-hybridized carbons (Fsp3) is 0.0714. The van der Waals surface area contributed by atoms with Crippen LogP contribution in [0.5, 0.6) is 5.75 Å². The van der Waals surface area contributed by atoms with Gasteiger partial charge in [-0.25, -0.2) is 8.78 Å². The van der Waals surface area contributed by atoms with Crippen LogP contribution in [0.2, 0.25) is 0 Å². The number of carbonyl (C=O) groups is 1. The van der Waals surface area contributed by atoms with Crippen molar-refractivity contribution >= 4 is 6.29 Å². The smallest absolute Gasteiger partial charge is 0.169 e. The van der Waals surface area contributed by atoms with Crippen molar-refractivity contribution in [3.8, 4) is 5.75 Å². The van der Waals surface area contributed by atoms with E-state index in [1.807, 2.05) is 30.3 Å². The first-order valence-corrected chi connectivity index (χ1v) is 5.31. The van der Waals surface area contributed by atoms with E-state index in [1.54, 1.807) is 0 Å². The summed E-state index contributed by atoms with van der Waals surface area (Å²) in [6, 6.07) is 11.4. The van der Waals surface area contributed by atoms with Gasteiger partial charge in [-0.3, -0.25) is 4.79 Å². The largest absolute Gasteiger partial charge is 0.489 e. The topological polar surface area (TPSA) is 26.3 Å². The second-order valence-corrected chi connectivity index (χ2v) is 3.70. The van der Waals surface area contributed by atoms with Gasteiger partial charge in [0.1, 0.15) is 12.4 Å². The molecule has 0 N–H and O–H groups in total. The molecule has 0 fully saturated rings. The zero-order valence-electron chi connectivity index (χ0n) is 9.40. The summed E-state index contributed by atoms with van der Waals surface area (Å²) in [6.45, 7) is 0.226. The maximum Gasteiger partial charge on any atom is 0.169 e. The highest BCUT2D eigenvalue weighted by molar-refractivity contribution is 5.76. The monoisotopic (exact) mass is 248 g/mol. The molecule has 18 heavy (non-hydrogen) atoms. The first-order valence-electron chi connectivity index (χ1n) is 5.31. The van der Waals surface area contributed by atoms with Crippen LogP contribution < -0.4 is 4.74 Å². The molecule has 0 aliphatic heterocycles. The van der Waals surface area contributed by atoms with Gasteiger partial charge in [-0.1, -0.05) is 30.3 Å². The van der Waals surface area contributed by atoms with E-state index in [-0.39, 0.29) is 24.2 Å². The third-order valence-electron chi connectivity index (χ3n) is 2.41. The van der Waals surface area contributed by atoms with Crippen molar-refractivity contribution in [3.05, 3.63) is 65.2 Å². The van der Waals surface area contributed by atoms with E-state index in [2.05, 4.69) is 0 Å². The minimum Gasteiger partial charge on any atom is -0.489 e. The highest BCUT2D eigenvalue weighted by Gasteiger charge is 2.10. The van der Waals surface area contributed by atoms with Crippen molar-refractivity contribution in [3.63, 3.8) is 0 Å². The van der Waals surface area contributed by atoms with E-state index < -0.39 is 11.6 Å². The fourth-order valence-electron chi connectivity index (χ4n) is 1.49. The summed E-state index contributed by atoms with van der Waals surface area (Å²) in [5, 5.41) is 0. The summed E-state index contributed by atoms with van der Waals surface area (Å²) in [6.07, 6.45) is 0.258. The molecule has 0 unspecified atom stereocenters. The number of rotatable bonds is 4. The molecular weight excluding hydrogens is 238 g/mol. The molecule has 92 valence electrons. The highest BCUT2D eigenvalue weighted by atomic mass is 19.2. The second kappa shape index (κ2) is 5.40. The van der Waals surface area contributed by atoms with E-state index in [0.717, 1.165) is 11.6 Å². The second-order valence-electron chi connectivity index (χ2n) is 3.70. The maximum absolute atomic E-state index is 13.1.